The summed E-state index contributed by atoms with van der Waals surface area (Å²) in [6.45, 7) is 1.01. The van der Waals surface area contributed by atoms with Gasteiger partial charge >= 0.3 is 0 Å². The number of fused-ring (bicyclic) bond motifs is 2. The third-order valence-corrected chi connectivity index (χ3v) is 3.98. The van der Waals surface area contributed by atoms with Gasteiger partial charge in [0, 0.05) is 5.56 Å². The van der Waals surface area contributed by atoms with Crippen molar-refractivity contribution in [1.29, 1.82) is 0 Å². The minimum absolute atomic E-state index is 0.460. The minimum atomic E-state index is -0.798. The molecule has 22 heavy (non-hydrogen) atoms. The molecule has 3 aromatic carbocycles. The lowest BCUT2D eigenvalue weighted by atomic mass is 10.0. The molecule has 0 aliphatic carbocycles. The standard InChI is InChI=1S/C19H16O3/c20-19-18-10-14-6-7-17(9-15(14)8-16(18)12-22-19)21-11-13-4-2-1-3-5-13/h1-10,19-20H,11-12H2. The molecule has 0 amide bonds. The van der Waals surface area contributed by atoms with Crippen molar-refractivity contribution in [2.75, 3.05) is 0 Å². The zero-order valence-electron chi connectivity index (χ0n) is 12.0. The summed E-state index contributed by atoms with van der Waals surface area (Å²) in [6.07, 6.45) is -0.798. The van der Waals surface area contributed by atoms with E-state index in [1.807, 2.05) is 54.6 Å². The van der Waals surface area contributed by atoms with Crippen LogP contribution in [0.3, 0.4) is 0 Å². The Kier molecular flexibility index (Phi) is 3.29. The highest BCUT2D eigenvalue weighted by Crippen LogP contribution is 2.33. The Bertz CT molecular complexity index is 812. The lowest BCUT2D eigenvalue weighted by Crippen LogP contribution is -1.95. The highest BCUT2D eigenvalue weighted by molar-refractivity contribution is 5.85. The average Bonchev–Trinajstić information content (AvgIpc) is 2.92. The molecule has 1 aliphatic heterocycles. The van der Waals surface area contributed by atoms with Crippen molar-refractivity contribution in [2.24, 2.45) is 0 Å². The first kappa shape index (κ1) is 13.3. The lowest BCUT2D eigenvalue weighted by Gasteiger charge is -2.09. The van der Waals surface area contributed by atoms with Crippen LogP contribution in [-0.4, -0.2) is 5.11 Å². The highest BCUT2D eigenvalue weighted by Gasteiger charge is 2.21. The van der Waals surface area contributed by atoms with Crippen LogP contribution in [0, 0.1) is 0 Å². The van der Waals surface area contributed by atoms with Crippen LogP contribution < -0.4 is 4.74 Å². The van der Waals surface area contributed by atoms with E-state index in [0.29, 0.717) is 13.2 Å². The van der Waals surface area contributed by atoms with Crippen molar-refractivity contribution in [3.63, 3.8) is 0 Å². The van der Waals surface area contributed by atoms with Crippen LogP contribution >= 0.6 is 0 Å². The smallest absolute Gasteiger partial charge is 0.181 e. The minimum Gasteiger partial charge on any atom is -0.489 e. The van der Waals surface area contributed by atoms with Gasteiger partial charge in [-0.15, -0.1) is 0 Å². The highest BCUT2D eigenvalue weighted by atomic mass is 16.6. The maximum absolute atomic E-state index is 9.76. The van der Waals surface area contributed by atoms with Crippen molar-refractivity contribution < 1.29 is 14.6 Å². The van der Waals surface area contributed by atoms with Gasteiger partial charge < -0.3 is 14.6 Å². The quantitative estimate of drug-likeness (QED) is 0.794. The monoisotopic (exact) mass is 292 g/mol. The maximum atomic E-state index is 9.76. The van der Waals surface area contributed by atoms with E-state index in [4.69, 9.17) is 9.47 Å². The normalized spacial score (nSPS) is 16.7. The van der Waals surface area contributed by atoms with Crippen LogP contribution in [0.4, 0.5) is 0 Å². The zero-order chi connectivity index (χ0) is 14.9. The molecular formula is C19H16O3. The van der Waals surface area contributed by atoms with Crippen LogP contribution in [0.2, 0.25) is 0 Å². The second-order valence-corrected chi connectivity index (χ2v) is 5.50. The van der Waals surface area contributed by atoms with Crippen LogP contribution in [0.25, 0.3) is 10.8 Å². The van der Waals surface area contributed by atoms with E-state index in [2.05, 4.69) is 6.07 Å². The van der Waals surface area contributed by atoms with Gasteiger partial charge in [-0.05, 0) is 46.2 Å². The predicted molar refractivity (Wildman–Crippen MR) is 84.5 cm³/mol. The first-order chi connectivity index (χ1) is 10.8. The van der Waals surface area contributed by atoms with Crippen molar-refractivity contribution >= 4 is 10.8 Å². The molecule has 0 saturated heterocycles. The van der Waals surface area contributed by atoms with Crippen molar-refractivity contribution in [1.82, 2.24) is 0 Å². The van der Waals surface area contributed by atoms with Crippen molar-refractivity contribution in [3.05, 3.63) is 77.4 Å². The second kappa shape index (κ2) is 5.44. The van der Waals surface area contributed by atoms with E-state index in [0.717, 1.165) is 33.2 Å². The Morgan fingerprint density at radius 2 is 1.86 bits per heavy atom. The zero-order valence-corrected chi connectivity index (χ0v) is 12.0. The molecule has 1 aliphatic rings. The number of ether oxygens (including phenoxy) is 2. The van der Waals surface area contributed by atoms with E-state index in [1.54, 1.807) is 0 Å². The van der Waals surface area contributed by atoms with E-state index < -0.39 is 6.29 Å². The fourth-order valence-electron chi connectivity index (χ4n) is 2.78. The Hall–Kier alpha value is -2.36. The first-order valence-electron chi connectivity index (χ1n) is 7.32. The van der Waals surface area contributed by atoms with Gasteiger partial charge in [0.05, 0.1) is 6.61 Å². The SMILES string of the molecule is OC1OCc2cc3cc(OCc4ccccc4)ccc3cc21. The molecule has 3 heteroatoms. The largest absolute Gasteiger partial charge is 0.489 e. The molecule has 4 rings (SSSR count). The Balaban J connectivity index is 1.61. The molecule has 0 saturated carbocycles. The summed E-state index contributed by atoms with van der Waals surface area (Å²) >= 11 is 0. The molecule has 1 N–H and O–H groups in total. The predicted octanol–water partition coefficient (Wildman–Crippen LogP) is 3.94. The molecule has 0 spiro atoms. The number of hydrogen-bond donors (Lipinski definition) is 1. The summed E-state index contributed by atoms with van der Waals surface area (Å²) < 4.78 is 11.1. The third-order valence-electron chi connectivity index (χ3n) is 3.98. The molecule has 0 radical (unpaired) electrons. The molecule has 0 fully saturated rings. The molecule has 3 nitrogen and oxygen atoms in total. The van der Waals surface area contributed by atoms with Crippen LogP contribution in [0.15, 0.2) is 60.7 Å². The van der Waals surface area contributed by atoms with Gasteiger partial charge in [0.25, 0.3) is 0 Å². The maximum Gasteiger partial charge on any atom is 0.181 e. The van der Waals surface area contributed by atoms with Crippen LogP contribution in [-0.2, 0) is 18.0 Å². The van der Waals surface area contributed by atoms with E-state index in [1.165, 1.54) is 0 Å². The summed E-state index contributed by atoms with van der Waals surface area (Å²) in [5.41, 5.74) is 3.05. The second-order valence-electron chi connectivity index (χ2n) is 5.50. The van der Waals surface area contributed by atoms with E-state index in [9.17, 15) is 5.11 Å². The summed E-state index contributed by atoms with van der Waals surface area (Å²) in [7, 11) is 0. The molecular weight excluding hydrogens is 276 g/mol. The van der Waals surface area contributed by atoms with Crippen molar-refractivity contribution in [3.8, 4) is 5.75 Å². The van der Waals surface area contributed by atoms with Crippen molar-refractivity contribution in [2.45, 2.75) is 19.5 Å². The number of rotatable bonds is 3. The van der Waals surface area contributed by atoms with E-state index in [-0.39, 0.29) is 0 Å². The molecule has 0 bridgehead atoms. The molecule has 1 heterocycles. The Labute approximate surface area is 128 Å². The molecule has 1 unspecified atom stereocenters. The summed E-state index contributed by atoms with van der Waals surface area (Å²) in [6, 6.07) is 20.2. The molecule has 3 aromatic rings. The Morgan fingerprint density at radius 3 is 2.73 bits per heavy atom. The topological polar surface area (TPSA) is 38.7 Å². The van der Waals surface area contributed by atoms with Gasteiger partial charge in [-0.1, -0.05) is 36.4 Å². The number of aliphatic hydroxyl groups is 1. The molecule has 1 atom stereocenters. The van der Waals surface area contributed by atoms with Gasteiger partial charge in [-0.25, -0.2) is 0 Å². The average molecular weight is 292 g/mol. The summed E-state index contributed by atoms with van der Waals surface area (Å²) in [4.78, 5) is 0. The fourth-order valence-corrected chi connectivity index (χ4v) is 2.78. The number of aliphatic hydroxyl groups excluding tert-OH is 1. The van der Waals surface area contributed by atoms with Gasteiger partial charge in [0.2, 0.25) is 0 Å². The van der Waals surface area contributed by atoms with Gasteiger partial charge in [-0.2, -0.15) is 0 Å². The summed E-state index contributed by atoms with van der Waals surface area (Å²) in [5.74, 6) is 0.843. The third kappa shape index (κ3) is 2.45. The molecule has 110 valence electrons. The number of hydrogen-bond acceptors (Lipinski definition) is 3. The lowest BCUT2D eigenvalue weighted by molar-refractivity contribution is -0.0918. The van der Waals surface area contributed by atoms with E-state index >= 15 is 0 Å². The van der Waals surface area contributed by atoms with Gasteiger partial charge in [0.1, 0.15) is 12.4 Å². The summed E-state index contributed by atoms with van der Waals surface area (Å²) in [5, 5.41) is 11.9. The number of benzene rings is 3. The van der Waals surface area contributed by atoms with Gasteiger partial charge in [0.15, 0.2) is 6.29 Å². The Morgan fingerprint density at radius 1 is 1.00 bits per heavy atom. The van der Waals surface area contributed by atoms with Crippen LogP contribution in [0.5, 0.6) is 5.75 Å². The molecule has 0 aromatic heterocycles. The first-order valence-corrected chi connectivity index (χ1v) is 7.32. The van der Waals surface area contributed by atoms with Gasteiger partial charge in [-0.3, -0.25) is 0 Å². The fraction of sp³-hybridized carbons (Fsp3) is 0.158. The van der Waals surface area contributed by atoms with Crippen LogP contribution in [0.1, 0.15) is 23.0 Å².